The lowest BCUT2D eigenvalue weighted by atomic mass is 9.88. The van der Waals surface area contributed by atoms with Gasteiger partial charge in [0.1, 0.15) is 11.6 Å². The van der Waals surface area contributed by atoms with Crippen LogP contribution in [0, 0.1) is 23.5 Å². The van der Waals surface area contributed by atoms with Gasteiger partial charge in [-0.15, -0.1) is 0 Å². The van der Waals surface area contributed by atoms with Gasteiger partial charge in [0, 0.05) is 50.6 Å². The standard InChI is InChI=1S/C29H30F5N5O3/c1-2-42-27(41)17-7-10-38(11-8-17)25-13-18(29(32,33)34)3-6-24(25)39-12-9-36-28(39)37-26(40)22-16-35-15-21(22)20-5-4-19(30)14-23(20)31/h3-6,9,12-14,17,21-22,35H,2,7-8,10-11,15-16H2,1H3,(H,36,37,40)/t21-,22+/m0/s1. The first-order valence-corrected chi connectivity index (χ1v) is 13.7. The SMILES string of the molecule is CCOC(=O)C1CCN(c2cc(C(F)(F)F)ccc2-n2ccnc2NC(=O)[C@@H]2CNC[C@H]2c2ccc(F)cc2F)CC1. The molecule has 0 spiro atoms. The molecule has 1 aromatic heterocycles. The number of imidazole rings is 1. The Kier molecular flexibility index (Phi) is 8.48. The van der Waals surface area contributed by atoms with E-state index in [-0.39, 0.29) is 42.2 Å². The molecule has 0 radical (unpaired) electrons. The first-order chi connectivity index (χ1) is 20.1. The number of nitrogens with one attached hydrogen (secondary N) is 2. The summed E-state index contributed by atoms with van der Waals surface area (Å²) >= 11 is 0. The Morgan fingerprint density at radius 2 is 1.83 bits per heavy atom. The van der Waals surface area contributed by atoms with Crippen molar-refractivity contribution in [1.29, 1.82) is 0 Å². The highest BCUT2D eigenvalue weighted by molar-refractivity contribution is 5.92. The number of carbonyl (C=O) groups is 2. The van der Waals surface area contributed by atoms with E-state index in [1.165, 1.54) is 29.1 Å². The third-order valence-corrected chi connectivity index (χ3v) is 7.81. The Morgan fingerprint density at radius 1 is 1.07 bits per heavy atom. The van der Waals surface area contributed by atoms with E-state index in [1.54, 1.807) is 11.8 Å². The summed E-state index contributed by atoms with van der Waals surface area (Å²) < 4.78 is 75.7. The molecule has 0 saturated carbocycles. The molecular weight excluding hydrogens is 561 g/mol. The zero-order chi connectivity index (χ0) is 30.0. The number of nitrogens with zero attached hydrogens (tertiary/aromatic N) is 3. The first-order valence-electron chi connectivity index (χ1n) is 13.7. The van der Waals surface area contributed by atoms with Gasteiger partial charge in [-0.25, -0.2) is 13.8 Å². The maximum Gasteiger partial charge on any atom is 0.416 e. The van der Waals surface area contributed by atoms with Gasteiger partial charge in [-0.2, -0.15) is 13.2 Å². The third-order valence-electron chi connectivity index (χ3n) is 7.81. The molecular formula is C29H30F5N5O3. The fraction of sp³-hybridized carbons (Fsp3) is 0.414. The van der Waals surface area contributed by atoms with E-state index in [2.05, 4.69) is 15.6 Å². The van der Waals surface area contributed by atoms with Crippen molar-refractivity contribution in [3.8, 4) is 5.69 Å². The minimum atomic E-state index is -4.58. The highest BCUT2D eigenvalue weighted by Crippen LogP contribution is 2.38. The summed E-state index contributed by atoms with van der Waals surface area (Å²) in [5.41, 5.74) is 0.00675. The van der Waals surface area contributed by atoms with Crippen molar-refractivity contribution in [3.05, 3.63) is 71.6 Å². The van der Waals surface area contributed by atoms with E-state index in [1.807, 2.05) is 0 Å². The number of halogens is 5. The van der Waals surface area contributed by atoms with Gasteiger partial charge < -0.3 is 15.0 Å². The lowest BCUT2D eigenvalue weighted by Crippen LogP contribution is -2.37. The number of piperidine rings is 1. The Balaban J connectivity index is 1.41. The number of hydrogen-bond donors (Lipinski definition) is 2. The van der Waals surface area contributed by atoms with Gasteiger partial charge >= 0.3 is 12.1 Å². The van der Waals surface area contributed by atoms with E-state index in [9.17, 15) is 31.5 Å². The van der Waals surface area contributed by atoms with Crippen LogP contribution in [0.3, 0.4) is 0 Å². The molecule has 2 fully saturated rings. The molecule has 2 N–H and O–H groups in total. The molecule has 0 bridgehead atoms. The molecule has 3 heterocycles. The van der Waals surface area contributed by atoms with E-state index in [0.717, 1.165) is 24.3 Å². The smallest absolute Gasteiger partial charge is 0.416 e. The van der Waals surface area contributed by atoms with Crippen LogP contribution in [0.15, 0.2) is 48.8 Å². The Hall–Kier alpha value is -4.00. The topological polar surface area (TPSA) is 88.5 Å². The van der Waals surface area contributed by atoms with Crippen LogP contribution in [0.4, 0.5) is 33.6 Å². The summed E-state index contributed by atoms with van der Waals surface area (Å²) in [7, 11) is 0. The molecule has 8 nitrogen and oxygen atoms in total. The number of hydrogen-bond acceptors (Lipinski definition) is 6. The number of esters is 1. The van der Waals surface area contributed by atoms with Gasteiger partial charge in [-0.1, -0.05) is 6.07 Å². The Bertz CT molecular complexity index is 1450. The van der Waals surface area contributed by atoms with Crippen LogP contribution < -0.4 is 15.5 Å². The minimum absolute atomic E-state index is 0.0765. The Morgan fingerprint density at radius 3 is 2.52 bits per heavy atom. The van der Waals surface area contributed by atoms with Gasteiger partial charge in [0.05, 0.1) is 35.4 Å². The van der Waals surface area contributed by atoms with Crippen LogP contribution in [0.1, 0.15) is 36.8 Å². The predicted octanol–water partition coefficient (Wildman–Crippen LogP) is 4.89. The van der Waals surface area contributed by atoms with Crippen molar-refractivity contribution < 1.29 is 36.3 Å². The van der Waals surface area contributed by atoms with Crippen molar-refractivity contribution in [2.45, 2.75) is 31.9 Å². The van der Waals surface area contributed by atoms with Gasteiger partial charge in [-0.05, 0) is 49.6 Å². The van der Waals surface area contributed by atoms with Crippen molar-refractivity contribution in [3.63, 3.8) is 0 Å². The summed E-state index contributed by atoms with van der Waals surface area (Å²) in [6, 6.07) is 6.57. The molecule has 224 valence electrons. The quantitative estimate of drug-likeness (QED) is 0.301. The molecule has 2 atom stereocenters. The molecule has 0 aliphatic carbocycles. The lowest BCUT2D eigenvalue weighted by molar-refractivity contribution is -0.148. The number of carbonyl (C=O) groups excluding carboxylic acids is 2. The molecule has 13 heteroatoms. The van der Waals surface area contributed by atoms with Crippen LogP contribution >= 0.6 is 0 Å². The number of benzene rings is 2. The van der Waals surface area contributed by atoms with Crippen LogP contribution in [-0.4, -0.2) is 54.2 Å². The van der Waals surface area contributed by atoms with Gasteiger partial charge in [0.2, 0.25) is 11.9 Å². The highest BCUT2D eigenvalue weighted by atomic mass is 19.4. The van der Waals surface area contributed by atoms with Crippen LogP contribution in [0.25, 0.3) is 5.69 Å². The number of amides is 1. The average Bonchev–Trinajstić information content (AvgIpc) is 3.62. The van der Waals surface area contributed by atoms with Crippen molar-refractivity contribution in [2.75, 3.05) is 43.0 Å². The number of aromatic nitrogens is 2. The number of alkyl halides is 3. The predicted molar refractivity (Wildman–Crippen MR) is 144 cm³/mol. The van der Waals surface area contributed by atoms with Crippen molar-refractivity contribution >= 4 is 23.5 Å². The maximum absolute atomic E-state index is 14.5. The lowest BCUT2D eigenvalue weighted by Gasteiger charge is -2.34. The molecule has 2 saturated heterocycles. The summed E-state index contributed by atoms with van der Waals surface area (Å²) in [5.74, 6) is -3.77. The summed E-state index contributed by atoms with van der Waals surface area (Å²) in [4.78, 5) is 31.6. The first kappa shape index (κ1) is 29.5. The van der Waals surface area contributed by atoms with Crippen LogP contribution in [0.5, 0.6) is 0 Å². The normalized spacial score (nSPS) is 19.6. The van der Waals surface area contributed by atoms with E-state index in [4.69, 9.17) is 4.74 Å². The monoisotopic (exact) mass is 591 g/mol. The highest BCUT2D eigenvalue weighted by Gasteiger charge is 2.37. The minimum Gasteiger partial charge on any atom is -0.466 e. The molecule has 0 unspecified atom stereocenters. The van der Waals surface area contributed by atoms with Crippen molar-refractivity contribution in [2.24, 2.45) is 11.8 Å². The van der Waals surface area contributed by atoms with Crippen LogP contribution in [-0.2, 0) is 20.5 Å². The van der Waals surface area contributed by atoms with E-state index < -0.39 is 41.1 Å². The fourth-order valence-corrected chi connectivity index (χ4v) is 5.65. The molecule has 2 aromatic carbocycles. The molecule has 1 amide bonds. The largest absolute Gasteiger partial charge is 0.466 e. The zero-order valence-electron chi connectivity index (χ0n) is 22.8. The van der Waals surface area contributed by atoms with Crippen LogP contribution in [0.2, 0.25) is 0 Å². The average molecular weight is 592 g/mol. The second-order valence-electron chi connectivity index (χ2n) is 10.4. The fourth-order valence-electron chi connectivity index (χ4n) is 5.65. The second-order valence-corrected chi connectivity index (χ2v) is 10.4. The van der Waals surface area contributed by atoms with E-state index >= 15 is 0 Å². The number of rotatable bonds is 7. The zero-order valence-corrected chi connectivity index (χ0v) is 22.8. The molecule has 5 rings (SSSR count). The summed E-state index contributed by atoms with van der Waals surface area (Å²) in [6.07, 6.45) is -0.816. The second kappa shape index (κ2) is 12.1. The Labute approximate surface area is 238 Å². The van der Waals surface area contributed by atoms with Gasteiger partial charge in [-0.3, -0.25) is 19.5 Å². The molecule has 42 heavy (non-hydrogen) atoms. The number of anilines is 2. The van der Waals surface area contributed by atoms with E-state index in [0.29, 0.717) is 38.2 Å². The summed E-state index contributed by atoms with van der Waals surface area (Å²) in [6.45, 7) is 3.17. The van der Waals surface area contributed by atoms with Crippen molar-refractivity contribution in [1.82, 2.24) is 14.9 Å². The third kappa shape index (κ3) is 6.10. The molecule has 2 aliphatic heterocycles. The molecule has 3 aromatic rings. The summed E-state index contributed by atoms with van der Waals surface area (Å²) in [5, 5.41) is 5.81. The maximum atomic E-state index is 14.5. The molecule has 2 aliphatic rings. The number of ether oxygens (including phenoxy) is 1. The van der Waals surface area contributed by atoms with Gasteiger partial charge in [0.15, 0.2) is 0 Å². The van der Waals surface area contributed by atoms with Gasteiger partial charge in [0.25, 0.3) is 0 Å².